The summed E-state index contributed by atoms with van der Waals surface area (Å²) in [6.07, 6.45) is 0. The van der Waals surface area contributed by atoms with Crippen LogP contribution in [0.1, 0.15) is 27.7 Å². The zero-order chi connectivity index (χ0) is 16.7. The second-order valence-corrected chi connectivity index (χ2v) is 6.91. The molecule has 0 saturated carbocycles. The molecule has 1 aliphatic heterocycles. The first kappa shape index (κ1) is 16.1. The average molecular weight is 310 g/mol. The predicted molar refractivity (Wildman–Crippen MR) is 94.1 cm³/mol. The van der Waals surface area contributed by atoms with Crippen molar-refractivity contribution >= 4 is 12.6 Å². The molecule has 0 unspecified atom stereocenters. The van der Waals surface area contributed by atoms with Gasteiger partial charge in [0.25, 0.3) is 0 Å². The van der Waals surface area contributed by atoms with Crippen molar-refractivity contribution in [2.45, 2.75) is 38.9 Å². The molecule has 0 bridgehead atoms. The minimum absolute atomic E-state index is 0.360. The molecule has 1 aliphatic rings. The van der Waals surface area contributed by atoms with Crippen LogP contribution in [0.3, 0.4) is 0 Å². The van der Waals surface area contributed by atoms with E-state index in [9.17, 15) is 0 Å². The van der Waals surface area contributed by atoms with Gasteiger partial charge in [-0.15, -0.1) is 0 Å². The predicted octanol–water partition coefficient (Wildman–Crippen LogP) is 3.66. The average Bonchev–Trinajstić information content (AvgIpc) is 2.75. The highest BCUT2D eigenvalue weighted by atomic mass is 16.7. The molecule has 1 heterocycles. The van der Waals surface area contributed by atoms with Crippen molar-refractivity contribution in [1.29, 1.82) is 0 Å². The quantitative estimate of drug-likeness (QED) is 0.810. The fourth-order valence-electron chi connectivity index (χ4n) is 2.69. The van der Waals surface area contributed by atoms with Gasteiger partial charge in [0.05, 0.1) is 18.3 Å². The standard InChI is InChI=1S/C19H23BO3/c1-18(2)19(3,4)23-20(22-18)16-12-11-15(13-17(16)21-5)14-9-7-6-8-10-14/h6-13H,1-5H3. The van der Waals surface area contributed by atoms with Crippen LogP contribution >= 0.6 is 0 Å². The number of hydrogen-bond donors (Lipinski definition) is 0. The number of rotatable bonds is 3. The molecule has 0 amide bonds. The van der Waals surface area contributed by atoms with Crippen molar-refractivity contribution in [2.75, 3.05) is 7.11 Å². The van der Waals surface area contributed by atoms with E-state index in [0.29, 0.717) is 0 Å². The highest BCUT2D eigenvalue weighted by molar-refractivity contribution is 6.63. The van der Waals surface area contributed by atoms with Crippen molar-refractivity contribution in [1.82, 2.24) is 0 Å². The van der Waals surface area contributed by atoms with Gasteiger partial charge in [0, 0.05) is 5.46 Å². The molecule has 23 heavy (non-hydrogen) atoms. The Balaban J connectivity index is 1.96. The van der Waals surface area contributed by atoms with Crippen LogP contribution in [-0.2, 0) is 9.31 Å². The van der Waals surface area contributed by atoms with Gasteiger partial charge in [-0.1, -0.05) is 42.5 Å². The molecule has 0 spiro atoms. The van der Waals surface area contributed by atoms with Crippen LogP contribution in [0.15, 0.2) is 48.5 Å². The summed E-state index contributed by atoms with van der Waals surface area (Å²) >= 11 is 0. The Bertz CT molecular complexity index is 679. The number of benzene rings is 2. The summed E-state index contributed by atoms with van der Waals surface area (Å²) in [6, 6.07) is 16.4. The monoisotopic (exact) mass is 310 g/mol. The largest absolute Gasteiger partial charge is 0.498 e. The van der Waals surface area contributed by atoms with E-state index >= 15 is 0 Å². The lowest BCUT2D eigenvalue weighted by atomic mass is 9.77. The summed E-state index contributed by atoms with van der Waals surface area (Å²) < 4.78 is 17.9. The Morgan fingerprint density at radius 3 is 2.00 bits per heavy atom. The second kappa shape index (κ2) is 5.70. The lowest BCUT2D eigenvalue weighted by molar-refractivity contribution is 0.00578. The molecule has 3 rings (SSSR count). The molecule has 0 radical (unpaired) electrons. The van der Waals surface area contributed by atoms with Crippen molar-refractivity contribution in [3.05, 3.63) is 48.5 Å². The fourth-order valence-corrected chi connectivity index (χ4v) is 2.69. The second-order valence-electron chi connectivity index (χ2n) is 6.91. The summed E-state index contributed by atoms with van der Waals surface area (Å²) in [6.45, 7) is 8.21. The Kier molecular flexibility index (Phi) is 3.99. The lowest BCUT2D eigenvalue weighted by Gasteiger charge is -2.32. The zero-order valence-electron chi connectivity index (χ0n) is 14.4. The molecule has 2 aromatic carbocycles. The lowest BCUT2D eigenvalue weighted by Crippen LogP contribution is -2.41. The molecular weight excluding hydrogens is 287 g/mol. The van der Waals surface area contributed by atoms with Crippen LogP contribution in [0.25, 0.3) is 11.1 Å². The molecule has 0 aromatic heterocycles. The Labute approximate surface area is 138 Å². The van der Waals surface area contributed by atoms with E-state index in [1.54, 1.807) is 7.11 Å². The summed E-state index contributed by atoms with van der Waals surface area (Å²) in [5.74, 6) is 0.782. The van der Waals surface area contributed by atoms with E-state index in [1.165, 1.54) is 0 Å². The van der Waals surface area contributed by atoms with Gasteiger partial charge >= 0.3 is 7.12 Å². The molecule has 120 valence electrons. The minimum atomic E-state index is -0.417. The number of methoxy groups -OCH3 is 1. The smallest absolute Gasteiger partial charge is 0.497 e. The van der Waals surface area contributed by atoms with Gasteiger partial charge in [0.2, 0.25) is 0 Å². The van der Waals surface area contributed by atoms with Gasteiger partial charge in [-0.3, -0.25) is 0 Å². The van der Waals surface area contributed by atoms with Crippen LogP contribution in [0, 0.1) is 0 Å². The maximum absolute atomic E-state index is 6.14. The molecule has 0 N–H and O–H groups in total. The number of hydrogen-bond acceptors (Lipinski definition) is 3. The van der Waals surface area contributed by atoms with Gasteiger partial charge in [-0.2, -0.15) is 0 Å². The van der Waals surface area contributed by atoms with E-state index in [2.05, 4.69) is 45.9 Å². The van der Waals surface area contributed by atoms with Crippen LogP contribution in [0.4, 0.5) is 0 Å². The van der Waals surface area contributed by atoms with Gasteiger partial charge in [0.1, 0.15) is 5.75 Å². The number of ether oxygens (including phenoxy) is 1. The SMILES string of the molecule is COc1cc(-c2ccccc2)ccc1B1OC(C)(C)C(C)(C)O1. The van der Waals surface area contributed by atoms with Crippen molar-refractivity contribution in [3.8, 4) is 16.9 Å². The topological polar surface area (TPSA) is 27.7 Å². The van der Waals surface area contributed by atoms with Crippen molar-refractivity contribution in [3.63, 3.8) is 0 Å². The molecule has 2 aromatic rings. The Morgan fingerprint density at radius 2 is 1.43 bits per heavy atom. The van der Waals surface area contributed by atoms with Crippen molar-refractivity contribution < 1.29 is 14.0 Å². The summed E-state index contributed by atoms with van der Waals surface area (Å²) in [7, 11) is 1.26. The van der Waals surface area contributed by atoms with Gasteiger partial charge < -0.3 is 14.0 Å². The molecule has 3 nitrogen and oxygen atoms in total. The normalized spacial score (nSPS) is 18.9. The van der Waals surface area contributed by atoms with E-state index in [0.717, 1.165) is 22.3 Å². The van der Waals surface area contributed by atoms with Gasteiger partial charge in [-0.05, 0) is 44.9 Å². The van der Waals surface area contributed by atoms with Crippen LogP contribution in [0.2, 0.25) is 0 Å². The van der Waals surface area contributed by atoms with Crippen molar-refractivity contribution in [2.24, 2.45) is 0 Å². The summed E-state index contributed by atoms with van der Waals surface area (Å²) in [5, 5.41) is 0. The highest BCUT2D eigenvalue weighted by Gasteiger charge is 2.52. The van der Waals surface area contributed by atoms with Gasteiger partial charge in [0.15, 0.2) is 0 Å². The minimum Gasteiger partial charge on any atom is -0.497 e. The maximum atomic E-state index is 6.14. The Hall–Kier alpha value is -1.78. The summed E-state index contributed by atoms with van der Waals surface area (Å²) in [5.41, 5.74) is 2.47. The van der Waals surface area contributed by atoms with Crippen LogP contribution < -0.4 is 10.2 Å². The first-order chi connectivity index (χ1) is 10.8. The highest BCUT2D eigenvalue weighted by Crippen LogP contribution is 2.37. The third-order valence-electron chi connectivity index (χ3n) is 4.85. The van der Waals surface area contributed by atoms with E-state index in [-0.39, 0.29) is 11.2 Å². The van der Waals surface area contributed by atoms with Crippen LogP contribution in [-0.4, -0.2) is 25.4 Å². The molecular formula is C19H23BO3. The molecule has 1 saturated heterocycles. The van der Waals surface area contributed by atoms with Gasteiger partial charge in [-0.25, -0.2) is 0 Å². The van der Waals surface area contributed by atoms with E-state index < -0.39 is 7.12 Å². The maximum Gasteiger partial charge on any atom is 0.498 e. The first-order valence-corrected chi connectivity index (χ1v) is 7.93. The van der Waals surface area contributed by atoms with Crippen LogP contribution in [0.5, 0.6) is 5.75 Å². The summed E-state index contributed by atoms with van der Waals surface area (Å²) in [4.78, 5) is 0. The Morgan fingerprint density at radius 1 is 0.826 bits per heavy atom. The first-order valence-electron chi connectivity index (χ1n) is 7.93. The van der Waals surface area contributed by atoms with E-state index in [4.69, 9.17) is 14.0 Å². The van der Waals surface area contributed by atoms with E-state index in [1.807, 2.05) is 30.3 Å². The molecule has 1 fully saturated rings. The third-order valence-corrected chi connectivity index (χ3v) is 4.85. The zero-order valence-corrected chi connectivity index (χ0v) is 14.4. The molecule has 0 atom stereocenters. The third kappa shape index (κ3) is 2.89. The molecule has 4 heteroatoms. The fraction of sp³-hybridized carbons (Fsp3) is 0.368. The molecule has 0 aliphatic carbocycles.